The molecule has 5 nitrogen and oxygen atoms in total. The van der Waals surface area contributed by atoms with Gasteiger partial charge in [-0.3, -0.25) is 4.79 Å². The molecule has 0 saturated carbocycles. The van der Waals surface area contributed by atoms with E-state index in [4.69, 9.17) is 0 Å². The van der Waals surface area contributed by atoms with E-state index in [-0.39, 0.29) is 11.5 Å². The predicted molar refractivity (Wildman–Crippen MR) is 142 cm³/mol. The van der Waals surface area contributed by atoms with Crippen LogP contribution in [0.1, 0.15) is 34.6 Å². The van der Waals surface area contributed by atoms with Crippen LogP contribution in [0.5, 0.6) is 0 Å². The van der Waals surface area contributed by atoms with Gasteiger partial charge in [0.05, 0.1) is 5.56 Å². The number of halogens is 1. The highest BCUT2D eigenvalue weighted by atomic mass is 79.9. The number of carbonyl (C=O) groups excluding carboxylic acids is 1. The second kappa shape index (κ2) is 8.85. The number of nitrogens with zero attached hydrogens (tertiary/aromatic N) is 1. The van der Waals surface area contributed by atoms with Crippen molar-refractivity contribution in [2.24, 2.45) is 0 Å². The molecular formula is C28H25BrN2O3. The van der Waals surface area contributed by atoms with Crippen LogP contribution in [0.3, 0.4) is 0 Å². The number of rotatable bonds is 7. The maximum atomic E-state index is 13.3. The molecule has 0 fully saturated rings. The molecule has 6 heteroatoms. The maximum absolute atomic E-state index is 13.3. The summed E-state index contributed by atoms with van der Waals surface area (Å²) in [5.41, 5.74) is 0.535. The van der Waals surface area contributed by atoms with Crippen molar-refractivity contribution in [3.05, 3.63) is 70.2 Å². The summed E-state index contributed by atoms with van der Waals surface area (Å²) >= 11 is 3.67. The van der Waals surface area contributed by atoms with Gasteiger partial charge in [-0.05, 0) is 69.0 Å². The van der Waals surface area contributed by atoms with E-state index in [0.717, 1.165) is 61.8 Å². The third-order valence-corrected chi connectivity index (χ3v) is 7.50. The zero-order valence-corrected chi connectivity index (χ0v) is 20.7. The van der Waals surface area contributed by atoms with E-state index < -0.39 is 5.97 Å². The van der Waals surface area contributed by atoms with E-state index in [0.29, 0.717) is 17.5 Å². The van der Waals surface area contributed by atoms with Gasteiger partial charge in [0.15, 0.2) is 0 Å². The van der Waals surface area contributed by atoms with Gasteiger partial charge in [0.25, 0.3) is 5.91 Å². The first-order valence-corrected chi connectivity index (χ1v) is 12.3. The van der Waals surface area contributed by atoms with Crippen LogP contribution < -0.4 is 5.32 Å². The number of carboxylic acids is 1. The third kappa shape index (κ3) is 3.49. The molecule has 0 unspecified atom stereocenters. The Balaban J connectivity index is 1.77. The number of fused-ring (bicyclic) bond motifs is 2. The van der Waals surface area contributed by atoms with Crippen molar-refractivity contribution in [3.8, 4) is 0 Å². The van der Waals surface area contributed by atoms with E-state index in [2.05, 4.69) is 58.2 Å². The Hall–Kier alpha value is -3.22. The minimum Gasteiger partial charge on any atom is -0.478 e. The number of amides is 1. The monoisotopic (exact) mass is 516 g/mol. The molecule has 5 rings (SSSR count). The second-order valence-corrected chi connectivity index (χ2v) is 9.34. The molecule has 0 bridgehead atoms. The minimum absolute atomic E-state index is 0.141. The quantitative estimate of drug-likeness (QED) is 0.197. The Bertz CT molecular complexity index is 1550. The average Bonchev–Trinajstić information content (AvgIpc) is 2.85. The number of benzene rings is 5. The van der Waals surface area contributed by atoms with Crippen LogP contribution in [0.4, 0.5) is 0 Å². The molecule has 0 atom stereocenters. The molecule has 2 N–H and O–H groups in total. The highest BCUT2D eigenvalue weighted by Crippen LogP contribution is 2.43. The number of aromatic carboxylic acids is 1. The summed E-state index contributed by atoms with van der Waals surface area (Å²) in [6.07, 6.45) is 0. The van der Waals surface area contributed by atoms with E-state index in [1.54, 1.807) is 12.1 Å². The summed E-state index contributed by atoms with van der Waals surface area (Å²) in [5.74, 6) is -1.29. The smallest absolute Gasteiger partial charge is 0.336 e. The first-order chi connectivity index (χ1) is 16.5. The van der Waals surface area contributed by atoms with Crippen molar-refractivity contribution in [2.75, 3.05) is 26.2 Å². The second-order valence-electron chi connectivity index (χ2n) is 8.48. The Morgan fingerprint density at radius 3 is 2.06 bits per heavy atom. The van der Waals surface area contributed by atoms with Gasteiger partial charge >= 0.3 is 5.97 Å². The topological polar surface area (TPSA) is 69.6 Å². The first-order valence-electron chi connectivity index (χ1n) is 11.5. The summed E-state index contributed by atoms with van der Waals surface area (Å²) < 4.78 is 1.01. The fraction of sp³-hybridized carbons (Fsp3) is 0.214. The van der Waals surface area contributed by atoms with Crippen molar-refractivity contribution in [2.45, 2.75) is 13.8 Å². The molecule has 0 radical (unpaired) electrons. The van der Waals surface area contributed by atoms with Crippen molar-refractivity contribution in [1.82, 2.24) is 10.2 Å². The van der Waals surface area contributed by atoms with E-state index in [1.807, 2.05) is 24.3 Å². The summed E-state index contributed by atoms with van der Waals surface area (Å²) in [6, 6.07) is 17.5. The van der Waals surface area contributed by atoms with Gasteiger partial charge in [-0.25, -0.2) is 4.79 Å². The zero-order valence-electron chi connectivity index (χ0n) is 19.1. The highest BCUT2D eigenvalue weighted by molar-refractivity contribution is 9.10. The molecule has 0 saturated heterocycles. The zero-order chi connectivity index (χ0) is 24.0. The molecule has 34 heavy (non-hydrogen) atoms. The lowest BCUT2D eigenvalue weighted by Gasteiger charge is -2.19. The van der Waals surface area contributed by atoms with Gasteiger partial charge < -0.3 is 15.3 Å². The largest absolute Gasteiger partial charge is 0.478 e. The molecule has 0 spiro atoms. The van der Waals surface area contributed by atoms with Gasteiger partial charge in [0.1, 0.15) is 0 Å². The van der Waals surface area contributed by atoms with Crippen LogP contribution >= 0.6 is 15.9 Å². The maximum Gasteiger partial charge on any atom is 0.336 e. The fourth-order valence-electron chi connectivity index (χ4n) is 5.09. The highest BCUT2D eigenvalue weighted by Gasteiger charge is 2.22. The van der Waals surface area contributed by atoms with Crippen molar-refractivity contribution in [1.29, 1.82) is 0 Å². The van der Waals surface area contributed by atoms with Crippen LogP contribution in [0.2, 0.25) is 0 Å². The standard InChI is InChI=1S/C28H25BrN2O3/c1-3-31(4-2)15-14-30-27(32)21-10-8-18-16-6-5-7-20-23(29)13-12-17(24(16)20)19-9-11-22(28(33)34)26(21)25(18)19/h5-13H,3-4,14-15H2,1-2H3,(H,30,32)(H,33,34). The molecule has 0 aliphatic heterocycles. The Morgan fingerprint density at radius 1 is 0.794 bits per heavy atom. The van der Waals surface area contributed by atoms with Crippen LogP contribution in [0.25, 0.3) is 43.1 Å². The molecule has 0 heterocycles. The fourth-order valence-corrected chi connectivity index (χ4v) is 5.56. The molecule has 0 aliphatic carbocycles. The van der Waals surface area contributed by atoms with Crippen LogP contribution in [-0.4, -0.2) is 48.1 Å². The van der Waals surface area contributed by atoms with Crippen molar-refractivity contribution < 1.29 is 14.7 Å². The van der Waals surface area contributed by atoms with Crippen LogP contribution in [0, 0.1) is 0 Å². The van der Waals surface area contributed by atoms with E-state index in [9.17, 15) is 14.7 Å². The molecule has 1 amide bonds. The number of nitrogens with one attached hydrogen (secondary N) is 1. The number of hydrogen-bond acceptors (Lipinski definition) is 3. The number of hydrogen-bond donors (Lipinski definition) is 2. The molecule has 0 aliphatic rings. The molecule has 0 aromatic heterocycles. The third-order valence-electron chi connectivity index (χ3n) is 6.81. The lowest BCUT2D eigenvalue weighted by atomic mass is 9.86. The summed E-state index contributed by atoms with van der Waals surface area (Å²) in [6.45, 7) is 7.26. The summed E-state index contributed by atoms with van der Waals surface area (Å²) in [4.78, 5) is 27.7. The van der Waals surface area contributed by atoms with Gasteiger partial charge in [-0.2, -0.15) is 0 Å². The Morgan fingerprint density at radius 2 is 1.38 bits per heavy atom. The van der Waals surface area contributed by atoms with Gasteiger partial charge in [0.2, 0.25) is 0 Å². The van der Waals surface area contributed by atoms with Crippen molar-refractivity contribution >= 4 is 70.9 Å². The lowest BCUT2D eigenvalue weighted by molar-refractivity contribution is 0.0699. The Labute approximate surface area is 205 Å². The molecular weight excluding hydrogens is 492 g/mol. The van der Waals surface area contributed by atoms with Crippen molar-refractivity contribution in [3.63, 3.8) is 0 Å². The van der Waals surface area contributed by atoms with E-state index in [1.165, 1.54) is 0 Å². The van der Waals surface area contributed by atoms with Crippen LogP contribution in [0.15, 0.2) is 59.1 Å². The summed E-state index contributed by atoms with van der Waals surface area (Å²) in [5, 5.41) is 20.5. The number of carboxylic acid groups (broad SMARTS) is 1. The SMILES string of the molecule is CCN(CC)CCNC(=O)c1ccc2c3cccc4c(Br)ccc(c5ccc(C(=O)O)c1c52)c43. The van der Waals surface area contributed by atoms with E-state index >= 15 is 0 Å². The Kier molecular flexibility index (Phi) is 5.88. The van der Waals surface area contributed by atoms with Gasteiger partial charge in [-0.15, -0.1) is 0 Å². The minimum atomic E-state index is -1.04. The van der Waals surface area contributed by atoms with Gasteiger partial charge in [0, 0.05) is 28.5 Å². The van der Waals surface area contributed by atoms with Gasteiger partial charge in [-0.1, -0.05) is 66.2 Å². The number of carbonyl (C=O) groups is 2. The molecule has 5 aromatic rings. The molecule has 172 valence electrons. The predicted octanol–water partition coefficient (Wildman–Crippen LogP) is 6.27. The normalized spacial score (nSPS) is 11.9. The molecule has 5 aromatic carbocycles. The lowest BCUT2D eigenvalue weighted by Crippen LogP contribution is -2.34. The first kappa shape index (κ1) is 22.6. The average molecular weight is 517 g/mol. The number of likely N-dealkylation sites (N-methyl/N-ethyl adjacent to an activating group) is 1. The van der Waals surface area contributed by atoms with Crippen LogP contribution in [-0.2, 0) is 0 Å². The summed E-state index contributed by atoms with van der Waals surface area (Å²) in [7, 11) is 0.